The summed E-state index contributed by atoms with van der Waals surface area (Å²) in [6.45, 7) is 3.00. The lowest BCUT2D eigenvalue weighted by Gasteiger charge is -2.41. The maximum Gasteiger partial charge on any atom is 0.307 e. The first kappa shape index (κ1) is 12.2. The van der Waals surface area contributed by atoms with Crippen LogP contribution in [-0.4, -0.2) is 29.8 Å². The fraction of sp³-hybridized carbons (Fsp3) is 0.417. The van der Waals surface area contributed by atoms with Crippen molar-refractivity contribution in [1.82, 2.24) is 5.32 Å². The molecule has 1 aliphatic heterocycles. The van der Waals surface area contributed by atoms with Gasteiger partial charge in [-0.1, -0.05) is 11.6 Å². The number of carboxylic acids is 1. The lowest BCUT2D eigenvalue weighted by atomic mass is 9.92. The molecule has 2 N–H and O–H groups in total. The number of rotatable bonds is 4. The number of aryl methyl sites for hydroxylation is 1. The van der Waals surface area contributed by atoms with Gasteiger partial charge in [-0.3, -0.25) is 4.79 Å². The molecule has 0 atom stereocenters. The quantitative estimate of drug-likeness (QED) is 0.862. The first-order valence-corrected chi connectivity index (χ1v) is 5.76. The summed E-state index contributed by atoms with van der Waals surface area (Å²) < 4.78 is 5.78. The third-order valence-corrected chi connectivity index (χ3v) is 3.26. The predicted molar refractivity (Wildman–Crippen MR) is 64.7 cm³/mol. The van der Waals surface area contributed by atoms with Crippen LogP contribution in [0.15, 0.2) is 18.2 Å². The van der Waals surface area contributed by atoms with Crippen LogP contribution in [0.2, 0.25) is 5.02 Å². The van der Waals surface area contributed by atoms with Gasteiger partial charge in [-0.15, -0.1) is 0 Å². The van der Waals surface area contributed by atoms with Crippen LogP contribution in [-0.2, 0) is 4.79 Å². The molecule has 0 radical (unpaired) electrons. The maximum absolute atomic E-state index is 10.8. The van der Waals surface area contributed by atoms with Crippen LogP contribution in [0, 0.1) is 6.92 Å². The smallest absolute Gasteiger partial charge is 0.307 e. The van der Waals surface area contributed by atoms with E-state index in [1.807, 2.05) is 13.0 Å². The number of carbonyl (C=O) groups is 1. The highest BCUT2D eigenvalue weighted by atomic mass is 35.5. The van der Waals surface area contributed by atoms with Crippen molar-refractivity contribution in [2.45, 2.75) is 18.9 Å². The van der Waals surface area contributed by atoms with E-state index in [2.05, 4.69) is 5.32 Å². The number of hydrogen-bond donors (Lipinski definition) is 2. The third kappa shape index (κ3) is 2.70. The van der Waals surface area contributed by atoms with Crippen LogP contribution in [0.1, 0.15) is 12.0 Å². The molecular weight excluding hydrogens is 242 g/mol. The minimum absolute atomic E-state index is 0.00166. The van der Waals surface area contributed by atoms with E-state index in [9.17, 15) is 4.79 Å². The van der Waals surface area contributed by atoms with E-state index in [1.165, 1.54) is 0 Å². The second-order valence-electron chi connectivity index (χ2n) is 4.37. The van der Waals surface area contributed by atoms with Gasteiger partial charge in [0, 0.05) is 18.1 Å². The summed E-state index contributed by atoms with van der Waals surface area (Å²) in [5.41, 5.74) is 0.300. The van der Waals surface area contributed by atoms with Crippen molar-refractivity contribution in [3.05, 3.63) is 28.8 Å². The van der Waals surface area contributed by atoms with E-state index >= 15 is 0 Å². The Balaban J connectivity index is 2.13. The molecule has 1 aromatic rings. The predicted octanol–water partition coefficient (Wildman–Crippen LogP) is 1.84. The molecule has 0 bridgehead atoms. The summed E-state index contributed by atoms with van der Waals surface area (Å²) in [5, 5.41) is 12.6. The summed E-state index contributed by atoms with van der Waals surface area (Å²) in [6.07, 6.45) is 0.00166. The monoisotopic (exact) mass is 255 g/mol. The van der Waals surface area contributed by atoms with E-state index in [4.69, 9.17) is 21.4 Å². The fourth-order valence-electron chi connectivity index (χ4n) is 1.84. The minimum Gasteiger partial charge on any atom is -0.484 e. The second kappa shape index (κ2) is 4.55. The van der Waals surface area contributed by atoms with Crippen LogP contribution < -0.4 is 10.1 Å². The summed E-state index contributed by atoms with van der Waals surface area (Å²) >= 11 is 5.92. The highest BCUT2D eigenvalue weighted by Gasteiger charge is 2.41. The Morgan fingerprint density at radius 2 is 2.29 bits per heavy atom. The lowest BCUT2D eigenvalue weighted by Crippen LogP contribution is -2.64. The number of aliphatic carboxylic acids is 1. The zero-order valence-corrected chi connectivity index (χ0v) is 10.3. The Bertz CT molecular complexity index is 443. The van der Waals surface area contributed by atoms with Crippen molar-refractivity contribution in [3.63, 3.8) is 0 Å². The number of ether oxygens (including phenoxy) is 1. The van der Waals surface area contributed by atoms with Crippen molar-refractivity contribution in [3.8, 4) is 5.75 Å². The van der Waals surface area contributed by atoms with Crippen molar-refractivity contribution < 1.29 is 14.6 Å². The zero-order chi connectivity index (χ0) is 12.5. The average Bonchev–Trinajstić information content (AvgIpc) is 2.19. The third-order valence-electron chi connectivity index (χ3n) is 2.83. The molecule has 1 fully saturated rings. The lowest BCUT2D eigenvalue weighted by molar-refractivity contribution is -0.143. The van der Waals surface area contributed by atoms with Crippen molar-refractivity contribution in [2.75, 3.05) is 13.1 Å². The van der Waals surface area contributed by atoms with Gasteiger partial charge in [0.05, 0.1) is 6.42 Å². The fourth-order valence-corrected chi connectivity index (χ4v) is 1.96. The van der Waals surface area contributed by atoms with Gasteiger partial charge in [-0.05, 0) is 30.7 Å². The van der Waals surface area contributed by atoms with Crippen LogP contribution in [0.5, 0.6) is 5.75 Å². The average molecular weight is 256 g/mol. The first-order valence-electron chi connectivity index (χ1n) is 5.38. The molecule has 1 heterocycles. The number of hydrogen-bond acceptors (Lipinski definition) is 3. The Labute approximate surface area is 105 Å². The molecule has 0 aromatic heterocycles. The molecule has 0 amide bonds. The van der Waals surface area contributed by atoms with Gasteiger partial charge in [0.15, 0.2) is 0 Å². The number of halogens is 1. The summed E-state index contributed by atoms with van der Waals surface area (Å²) in [5.74, 6) is -0.188. The molecule has 1 saturated heterocycles. The molecule has 0 saturated carbocycles. The molecule has 17 heavy (non-hydrogen) atoms. The molecule has 0 aliphatic carbocycles. The van der Waals surface area contributed by atoms with Gasteiger partial charge in [0.1, 0.15) is 11.4 Å². The summed E-state index contributed by atoms with van der Waals surface area (Å²) in [7, 11) is 0. The van der Waals surface area contributed by atoms with Crippen LogP contribution in [0.3, 0.4) is 0 Å². The van der Waals surface area contributed by atoms with Crippen molar-refractivity contribution >= 4 is 17.6 Å². The summed E-state index contributed by atoms with van der Waals surface area (Å²) in [6, 6.07) is 5.34. The van der Waals surface area contributed by atoms with Crippen molar-refractivity contribution in [1.29, 1.82) is 0 Å². The molecule has 2 rings (SSSR count). The topological polar surface area (TPSA) is 58.6 Å². The van der Waals surface area contributed by atoms with E-state index in [1.54, 1.807) is 12.1 Å². The molecule has 0 unspecified atom stereocenters. The van der Waals surface area contributed by atoms with E-state index in [0.717, 1.165) is 5.56 Å². The maximum atomic E-state index is 10.8. The molecule has 5 heteroatoms. The van der Waals surface area contributed by atoms with Crippen LogP contribution in [0.25, 0.3) is 0 Å². The van der Waals surface area contributed by atoms with Gasteiger partial charge in [0.25, 0.3) is 0 Å². The van der Waals surface area contributed by atoms with E-state index < -0.39 is 11.6 Å². The largest absolute Gasteiger partial charge is 0.484 e. The molecule has 0 spiro atoms. The Kier molecular flexibility index (Phi) is 3.26. The van der Waals surface area contributed by atoms with E-state index in [-0.39, 0.29) is 6.42 Å². The SMILES string of the molecule is Cc1cc(OC2(CC(=O)O)CNC2)ccc1Cl. The van der Waals surface area contributed by atoms with Crippen LogP contribution >= 0.6 is 11.6 Å². The Morgan fingerprint density at radius 3 is 2.76 bits per heavy atom. The second-order valence-corrected chi connectivity index (χ2v) is 4.78. The Morgan fingerprint density at radius 1 is 1.59 bits per heavy atom. The van der Waals surface area contributed by atoms with Gasteiger partial charge in [-0.25, -0.2) is 0 Å². The number of nitrogens with one attached hydrogen (secondary N) is 1. The van der Waals surface area contributed by atoms with Gasteiger partial charge in [0.2, 0.25) is 0 Å². The normalized spacial score (nSPS) is 17.3. The molecular formula is C12H14ClNO3. The van der Waals surface area contributed by atoms with Gasteiger partial charge in [-0.2, -0.15) is 0 Å². The molecule has 92 valence electrons. The highest BCUT2D eigenvalue weighted by molar-refractivity contribution is 6.31. The standard InChI is InChI=1S/C12H14ClNO3/c1-8-4-9(2-3-10(8)13)17-12(5-11(15)16)6-14-7-12/h2-4,14H,5-7H2,1H3,(H,15,16). The summed E-state index contributed by atoms with van der Waals surface area (Å²) in [4.78, 5) is 10.8. The van der Waals surface area contributed by atoms with Crippen LogP contribution in [0.4, 0.5) is 0 Å². The molecule has 1 aromatic carbocycles. The Hall–Kier alpha value is -1.26. The molecule has 4 nitrogen and oxygen atoms in total. The van der Waals surface area contributed by atoms with Crippen molar-refractivity contribution in [2.24, 2.45) is 0 Å². The highest BCUT2D eigenvalue weighted by Crippen LogP contribution is 2.28. The van der Waals surface area contributed by atoms with Gasteiger partial charge >= 0.3 is 5.97 Å². The molecule has 1 aliphatic rings. The first-order chi connectivity index (χ1) is 8.01. The van der Waals surface area contributed by atoms with E-state index in [0.29, 0.717) is 23.9 Å². The van der Waals surface area contributed by atoms with Gasteiger partial charge < -0.3 is 15.2 Å². The number of carboxylic acid groups (broad SMARTS) is 1. The minimum atomic E-state index is -0.850. The zero-order valence-electron chi connectivity index (χ0n) is 9.50. The number of benzene rings is 1.